The predicted molar refractivity (Wildman–Crippen MR) is 100 cm³/mol. The van der Waals surface area contributed by atoms with Crippen molar-refractivity contribution in [2.45, 2.75) is 32.9 Å². The van der Waals surface area contributed by atoms with E-state index in [4.69, 9.17) is 0 Å². The molecule has 10 heteroatoms. The normalized spacial score (nSPS) is 13.4. The summed E-state index contributed by atoms with van der Waals surface area (Å²) >= 11 is 1.32. The number of hydrogen-bond acceptors (Lipinski definition) is 8. The quantitative estimate of drug-likeness (QED) is 0.591. The molecule has 27 heavy (non-hydrogen) atoms. The van der Waals surface area contributed by atoms with Crippen LogP contribution in [0.4, 0.5) is 10.3 Å². The van der Waals surface area contributed by atoms with Gasteiger partial charge in [-0.05, 0) is 32.4 Å². The minimum absolute atomic E-state index is 0.107. The van der Waals surface area contributed by atoms with Gasteiger partial charge in [0, 0.05) is 12.7 Å². The number of carbonyl (C=O) groups is 1. The summed E-state index contributed by atoms with van der Waals surface area (Å²) in [5, 5.41) is 15.8. The fourth-order valence-electron chi connectivity index (χ4n) is 2.41. The number of aliphatic hydroxyl groups excluding tert-OH is 1. The molecule has 1 amide bonds. The van der Waals surface area contributed by atoms with E-state index in [0.29, 0.717) is 15.9 Å². The summed E-state index contributed by atoms with van der Waals surface area (Å²) in [5.74, 6) is -0.660. The third kappa shape index (κ3) is 4.52. The number of nitrogens with zero attached hydrogens (tertiary/aromatic N) is 4. The highest BCUT2D eigenvalue weighted by Crippen LogP contribution is 2.26. The molecule has 0 fully saturated rings. The van der Waals surface area contributed by atoms with Crippen molar-refractivity contribution in [1.82, 2.24) is 25.3 Å². The highest BCUT2D eigenvalue weighted by atomic mass is 32.1. The van der Waals surface area contributed by atoms with Gasteiger partial charge in [0.25, 0.3) is 5.91 Å². The van der Waals surface area contributed by atoms with E-state index in [-0.39, 0.29) is 24.2 Å². The number of hydrogen-bond donors (Lipinski definition) is 3. The zero-order valence-electron chi connectivity index (χ0n) is 15.0. The van der Waals surface area contributed by atoms with E-state index < -0.39 is 17.8 Å². The molecule has 0 bridgehead atoms. The first-order valence-corrected chi connectivity index (χ1v) is 9.13. The lowest BCUT2D eigenvalue weighted by Crippen LogP contribution is -2.31. The number of thiazole rings is 1. The van der Waals surface area contributed by atoms with E-state index in [1.165, 1.54) is 17.4 Å². The van der Waals surface area contributed by atoms with E-state index in [1.807, 2.05) is 13.8 Å². The molecule has 0 saturated heterocycles. The smallest absolute Gasteiger partial charge is 0.271 e. The van der Waals surface area contributed by atoms with Crippen LogP contribution in [-0.2, 0) is 0 Å². The number of pyridine rings is 1. The zero-order valence-corrected chi connectivity index (χ0v) is 15.8. The van der Waals surface area contributed by atoms with Crippen molar-refractivity contribution in [1.29, 1.82) is 0 Å². The zero-order chi connectivity index (χ0) is 19.6. The standard InChI is InChI=1S/C17H19FN6O2S/c1-8(25)5-20-16(26)13-14-15(22-10(3)27-14)24-17(23-13)21-9(2)11-4-12(18)7-19-6-11/h4,6-9,25H,5H2,1-3H3,(H,20,26)(H,21,23,24)/t8-,9-/m0/s1. The molecule has 0 saturated carbocycles. The maximum atomic E-state index is 13.4. The Balaban J connectivity index is 1.92. The van der Waals surface area contributed by atoms with Crippen LogP contribution in [0.3, 0.4) is 0 Å². The molecular weight excluding hydrogens is 371 g/mol. The second-order valence-electron chi connectivity index (χ2n) is 6.14. The maximum Gasteiger partial charge on any atom is 0.271 e. The van der Waals surface area contributed by atoms with Gasteiger partial charge in [-0.15, -0.1) is 11.3 Å². The van der Waals surface area contributed by atoms with Gasteiger partial charge in [-0.2, -0.15) is 4.98 Å². The number of carbonyl (C=O) groups excluding carboxylic acids is 1. The number of aromatic nitrogens is 4. The third-order valence-electron chi connectivity index (χ3n) is 3.71. The molecule has 3 aromatic rings. The second kappa shape index (κ2) is 7.89. The van der Waals surface area contributed by atoms with Crippen molar-refractivity contribution in [3.05, 3.63) is 40.5 Å². The molecule has 2 atom stereocenters. The Morgan fingerprint density at radius 3 is 2.78 bits per heavy atom. The number of anilines is 1. The van der Waals surface area contributed by atoms with Gasteiger partial charge in [0.1, 0.15) is 10.5 Å². The highest BCUT2D eigenvalue weighted by molar-refractivity contribution is 7.18. The first-order chi connectivity index (χ1) is 12.8. The molecule has 3 rings (SSSR count). The van der Waals surface area contributed by atoms with Gasteiger partial charge in [-0.25, -0.2) is 14.4 Å². The molecule has 0 aliphatic carbocycles. The van der Waals surface area contributed by atoms with Gasteiger partial charge in [-0.1, -0.05) is 0 Å². The topological polar surface area (TPSA) is 113 Å². The van der Waals surface area contributed by atoms with Crippen molar-refractivity contribution < 1.29 is 14.3 Å². The van der Waals surface area contributed by atoms with E-state index >= 15 is 0 Å². The van der Waals surface area contributed by atoms with Crippen LogP contribution in [0.2, 0.25) is 0 Å². The maximum absolute atomic E-state index is 13.4. The average Bonchev–Trinajstić information content (AvgIpc) is 2.98. The van der Waals surface area contributed by atoms with Crippen LogP contribution in [0.5, 0.6) is 0 Å². The summed E-state index contributed by atoms with van der Waals surface area (Å²) in [7, 11) is 0. The van der Waals surface area contributed by atoms with Crippen LogP contribution in [0.1, 0.15) is 40.9 Å². The summed E-state index contributed by atoms with van der Waals surface area (Å²) in [6.07, 6.45) is 2.00. The molecule has 3 aromatic heterocycles. The molecule has 0 aliphatic heterocycles. The first-order valence-electron chi connectivity index (χ1n) is 8.32. The van der Waals surface area contributed by atoms with E-state index in [0.717, 1.165) is 11.2 Å². The molecule has 3 heterocycles. The lowest BCUT2D eigenvalue weighted by molar-refractivity contribution is 0.0921. The molecule has 3 N–H and O–H groups in total. The number of nitrogens with one attached hydrogen (secondary N) is 2. The fraction of sp³-hybridized carbons (Fsp3) is 0.353. The van der Waals surface area contributed by atoms with Crippen molar-refractivity contribution in [2.75, 3.05) is 11.9 Å². The lowest BCUT2D eigenvalue weighted by Gasteiger charge is -2.14. The number of rotatable bonds is 6. The number of fused-ring (bicyclic) bond motifs is 1. The number of aliphatic hydroxyl groups is 1. The third-order valence-corrected chi connectivity index (χ3v) is 4.67. The predicted octanol–water partition coefficient (Wildman–Crippen LogP) is 2.21. The van der Waals surface area contributed by atoms with E-state index in [1.54, 1.807) is 13.1 Å². The average molecular weight is 390 g/mol. The summed E-state index contributed by atoms with van der Waals surface area (Å²) < 4.78 is 14.0. The molecule has 0 radical (unpaired) electrons. The Kier molecular flexibility index (Phi) is 5.57. The molecular formula is C17H19FN6O2S. The monoisotopic (exact) mass is 390 g/mol. The fourth-order valence-corrected chi connectivity index (χ4v) is 3.26. The SMILES string of the molecule is Cc1nc2nc(N[C@@H](C)c3cncc(F)c3)nc(C(=O)NC[C@H](C)O)c2s1. The Morgan fingerprint density at radius 1 is 1.30 bits per heavy atom. The van der Waals surface area contributed by atoms with Gasteiger partial charge >= 0.3 is 0 Å². The van der Waals surface area contributed by atoms with Gasteiger partial charge in [0.15, 0.2) is 11.3 Å². The van der Waals surface area contributed by atoms with Gasteiger partial charge in [0.05, 0.1) is 23.4 Å². The van der Waals surface area contributed by atoms with Crippen molar-refractivity contribution in [3.63, 3.8) is 0 Å². The number of amides is 1. The number of aryl methyl sites for hydroxylation is 1. The lowest BCUT2D eigenvalue weighted by atomic mass is 10.1. The van der Waals surface area contributed by atoms with Crippen LogP contribution < -0.4 is 10.6 Å². The van der Waals surface area contributed by atoms with Crippen molar-refractivity contribution >= 4 is 33.5 Å². The summed E-state index contributed by atoms with van der Waals surface area (Å²) in [6, 6.07) is 1.03. The molecule has 0 aliphatic rings. The first kappa shape index (κ1) is 19.1. The van der Waals surface area contributed by atoms with Crippen LogP contribution in [0.25, 0.3) is 10.3 Å². The Labute approximate surface area is 158 Å². The van der Waals surface area contributed by atoms with Crippen molar-refractivity contribution in [2.24, 2.45) is 0 Å². The summed E-state index contributed by atoms with van der Waals surface area (Å²) in [5.41, 5.74) is 1.20. The van der Waals surface area contributed by atoms with Crippen molar-refractivity contribution in [3.8, 4) is 0 Å². The Hall–Kier alpha value is -2.72. The Morgan fingerprint density at radius 2 is 2.07 bits per heavy atom. The minimum Gasteiger partial charge on any atom is -0.392 e. The molecule has 8 nitrogen and oxygen atoms in total. The highest BCUT2D eigenvalue weighted by Gasteiger charge is 2.19. The van der Waals surface area contributed by atoms with E-state index in [9.17, 15) is 14.3 Å². The van der Waals surface area contributed by atoms with Crippen LogP contribution >= 0.6 is 11.3 Å². The largest absolute Gasteiger partial charge is 0.392 e. The van der Waals surface area contributed by atoms with Gasteiger partial charge < -0.3 is 15.7 Å². The minimum atomic E-state index is -0.674. The molecule has 0 aromatic carbocycles. The van der Waals surface area contributed by atoms with Crippen LogP contribution in [0.15, 0.2) is 18.5 Å². The summed E-state index contributed by atoms with van der Waals surface area (Å²) in [4.78, 5) is 29.3. The van der Waals surface area contributed by atoms with Gasteiger partial charge in [0.2, 0.25) is 5.95 Å². The molecule has 0 unspecified atom stereocenters. The molecule has 142 valence electrons. The van der Waals surface area contributed by atoms with Crippen LogP contribution in [-0.4, -0.2) is 43.6 Å². The molecule has 0 spiro atoms. The number of halogens is 1. The summed E-state index contributed by atoms with van der Waals surface area (Å²) in [6.45, 7) is 5.31. The van der Waals surface area contributed by atoms with Gasteiger partial charge in [-0.3, -0.25) is 9.78 Å². The van der Waals surface area contributed by atoms with E-state index in [2.05, 4.69) is 30.6 Å². The Bertz CT molecular complexity index is 977. The van der Waals surface area contributed by atoms with Crippen LogP contribution in [0, 0.1) is 12.7 Å². The second-order valence-corrected chi connectivity index (χ2v) is 7.35.